The Morgan fingerprint density at radius 1 is 1.57 bits per heavy atom. The molecule has 0 unspecified atom stereocenters. The van der Waals surface area contributed by atoms with Crippen LogP contribution in [0.3, 0.4) is 0 Å². The number of benzene rings is 1. The molecule has 0 aromatic heterocycles. The van der Waals surface area contributed by atoms with Gasteiger partial charge < -0.3 is 10.8 Å². The quantitative estimate of drug-likeness (QED) is 0.700. The van der Waals surface area contributed by atoms with Crippen LogP contribution in [-0.4, -0.2) is 11.1 Å². The number of hydrogen-bond donors (Lipinski definition) is 2. The molecule has 4 heteroatoms. The SMILES string of the molecule is N#Cc1ccc(CCC(=O)O)c(N)c1. The molecule has 1 aromatic carbocycles. The molecule has 0 heterocycles. The maximum absolute atomic E-state index is 10.3. The summed E-state index contributed by atoms with van der Waals surface area (Å²) in [5.41, 5.74) is 7.37. The zero-order chi connectivity index (χ0) is 10.6. The summed E-state index contributed by atoms with van der Waals surface area (Å²) in [7, 11) is 0. The number of aliphatic carboxylic acids is 1. The zero-order valence-electron chi connectivity index (χ0n) is 7.53. The van der Waals surface area contributed by atoms with Gasteiger partial charge in [-0.25, -0.2) is 0 Å². The highest BCUT2D eigenvalue weighted by molar-refractivity contribution is 5.67. The van der Waals surface area contributed by atoms with Gasteiger partial charge >= 0.3 is 5.97 Å². The molecule has 1 rings (SSSR count). The summed E-state index contributed by atoms with van der Waals surface area (Å²) < 4.78 is 0. The highest BCUT2D eigenvalue weighted by Gasteiger charge is 2.03. The summed E-state index contributed by atoms with van der Waals surface area (Å²) in [6.07, 6.45) is 0.447. The van der Waals surface area contributed by atoms with Gasteiger partial charge in [-0.3, -0.25) is 4.79 Å². The maximum atomic E-state index is 10.3. The Morgan fingerprint density at radius 2 is 2.29 bits per heavy atom. The van der Waals surface area contributed by atoms with Gasteiger partial charge in [-0.05, 0) is 24.1 Å². The number of aryl methyl sites for hydroxylation is 1. The lowest BCUT2D eigenvalue weighted by Gasteiger charge is -2.03. The number of rotatable bonds is 3. The summed E-state index contributed by atoms with van der Waals surface area (Å²) in [5, 5.41) is 17.0. The third-order valence-electron chi connectivity index (χ3n) is 1.88. The summed E-state index contributed by atoms with van der Waals surface area (Å²) in [6, 6.07) is 6.84. The highest BCUT2D eigenvalue weighted by atomic mass is 16.4. The second-order valence-electron chi connectivity index (χ2n) is 2.92. The van der Waals surface area contributed by atoms with E-state index in [0.717, 1.165) is 5.56 Å². The molecule has 0 spiro atoms. The molecule has 0 saturated heterocycles. The fourth-order valence-electron chi connectivity index (χ4n) is 1.13. The largest absolute Gasteiger partial charge is 0.481 e. The number of carbonyl (C=O) groups is 1. The number of hydrogen-bond acceptors (Lipinski definition) is 3. The van der Waals surface area contributed by atoms with Crippen LogP contribution < -0.4 is 5.73 Å². The first-order valence-electron chi connectivity index (χ1n) is 4.14. The van der Waals surface area contributed by atoms with Crippen molar-refractivity contribution in [2.75, 3.05) is 5.73 Å². The van der Waals surface area contributed by atoms with E-state index < -0.39 is 5.97 Å². The number of carboxylic acids is 1. The topological polar surface area (TPSA) is 87.1 Å². The normalized spacial score (nSPS) is 9.36. The lowest BCUT2D eigenvalue weighted by atomic mass is 10.1. The van der Waals surface area contributed by atoms with Gasteiger partial charge in [0.15, 0.2) is 0 Å². The van der Waals surface area contributed by atoms with Gasteiger partial charge in [0.1, 0.15) is 0 Å². The first kappa shape index (κ1) is 10.1. The van der Waals surface area contributed by atoms with Gasteiger partial charge in [-0.2, -0.15) is 5.26 Å². The van der Waals surface area contributed by atoms with E-state index in [2.05, 4.69) is 0 Å². The van der Waals surface area contributed by atoms with Crippen molar-refractivity contribution < 1.29 is 9.90 Å². The Bertz CT molecular complexity index is 394. The van der Waals surface area contributed by atoms with Crippen LogP contribution in [0.1, 0.15) is 17.5 Å². The molecule has 0 saturated carbocycles. The van der Waals surface area contributed by atoms with Gasteiger partial charge in [0.2, 0.25) is 0 Å². The molecule has 4 nitrogen and oxygen atoms in total. The van der Waals surface area contributed by atoms with E-state index in [4.69, 9.17) is 16.1 Å². The minimum absolute atomic E-state index is 0.0517. The first-order valence-corrected chi connectivity index (χ1v) is 4.14. The lowest BCUT2D eigenvalue weighted by Crippen LogP contribution is -2.00. The van der Waals surface area contributed by atoms with Crippen LogP contribution in [0.4, 0.5) is 5.69 Å². The van der Waals surface area contributed by atoms with E-state index in [0.29, 0.717) is 17.7 Å². The van der Waals surface area contributed by atoms with Gasteiger partial charge in [0.05, 0.1) is 11.6 Å². The zero-order valence-corrected chi connectivity index (χ0v) is 7.53. The molecule has 0 amide bonds. The number of nitrogens with two attached hydrogens (primary N) is 1. The van der Waals surface area contributed by atoms with Crippen molar-refractivity contribution >= 4 is 11.7 Å². The van der Waals surface area contributed by atoms with Crippen molar-refractivity contribution in [3.8, 4) is 6.07 Å². The molecular formula is C10H10N2O2. The molecule has 0 fully saturated rings. The fourth-order valence-corrected chi connectivity index (χ4v) is 1.13. The second-order valence-corrected chi connectivity index (χ2v) is 2.92. The van der Waals surface area contributed by atoms with E-state index in [1.54, 1.807) is 18.2 Å². The predicted molar refractivity (Wildman–Crippen MR) is 51.5 cm³/mol. The average molecular weight is 190 g/mol. The van der Waals surface area contributed by atoms with Crippen LogP contribution in [0.25, 0.3) is 0 Å². The van der Waals surface area contributed by atoms with E-state index >= 15 is 0 Å². The minimum atomic E-state index is -0.853. The van der Waals surface area contributed by atoms with Crippen molar-refractivity contribution in [1.29, 1.82) is 5.26 Å². The molecule has 0 aliphatic rings. The molecule has 0 bridgehead atoms. The standard InChI is InChI=1S/C10H10N2O2/c11-6-7-1-2-8(9(12)5-7)3-4-10(13)14/h1-2,5H,3-4,12H2,(H,13,14). The number of nitrogen functional groups attached to an aromatic ring is 1. The summed E-state index contributed by atoms with van der Waals surface area (Å²) in [5.74, 6) is -0.853. The lowest BCUT2D eigenvalue weighted by molar-refractivity contribution is -0.136. The first-order chi connectivity index (χ1) is 6.63. The number of nitriles is 1. The van der Waals surface area contributed by atoms with Crippen molar-refractivity contribution in [3.05, 3.63) is 29.3 Å². The molecule has 0 radical (unpaired) electrons. The Balaban J connectivity index is 2.80. The van der Waals surface area contributed by atoms with Crippen LogP contribution in [0.15, 0.2) is 18.2 Å². The second kappa shape index (κ2) is 4.28. The van der Waals surface area contributed by atoms with Crippen molar-refractivity contribution in [2.24, 2.45) is 0 Å². The van der Waals surface area contributed by atoms with Crippen molar-refractivity contribution in [1.82, 2.24) is 0 Å². The van der Waals surface area contributed by atoms with Crippen LogP contribution in [0, 0.1) is 11.3 Å². The Labute approximate surface area is 81.6 Å². The van der Waals surface area contributed by atoms with Crippen LogP contribution in [0.2, 0.25) is 0 Å². The molecule has 1 aromatic rings. The Kier molecular flexibility index (Phi) is 3.08. The third kappa shape index (κ3) is 2.49. The number of carboxylic acid groups (broad SMARTS) is 1. The molecule has 14 heavy (non-hydrogen) atoms. The molecule has 72 valence electrons. The molecule has 0 aliphatic heterocycles. The fraction of sp³-hybridized carbons (Fsp3) is 0.200. The monoisotopic (exact) mass is 190 g/mol. The summed E-state index contributed by atoms with van der Waals surface area (Å²) in [6.45, 7) is 0. The average Bonchev–Trinajstić information content (AvgIpc) is 2.15. The van der Waals surface area contributed by atoms with E-state index in [-0.39, 0.29) is 6.42 Å². The number of nitrogens with zero attached hydrogens (tertiary/aromatic N) is 1. The van der Waals surface area contributed by atoms with E-state index in [1.807, 2.05) is 6.07 Å². The highest BCUT2D eigenvalue weighted by Crippen LogP contribution is 2.15. The van der Waals surface area contributed by atoms with Crippen LogP contribution >= 0.6 is 0 Å². The molecule has 3 N–H and O–H groups in total. The molecular weight excluding hydrogens is 180 g/mol. The molecule has 0 aliphatic carbocycles. The van der Waals surface area contributed by atoms with Gasteiger partial charge in [-0.15, -0.1) is 0 Å². The summed E-state index contributed by atoms with van der Waals surface area (Å²) >= 11 is 0. The van der Waals surface area contributed by atoms with Crippen molar-refractivity contribution in [3.63, 3.8) is 0 Å². The van der Waals surface area contributed by atoms with Crippen molar-refractivity contribution in [2.45, 2.75) is 12.8 Å². The molecule has 0 atom stereocenters. The summed E-state index contributed by atoms with van der Waals surface area (Å²) in [4.78, 5) is 10.3. The van der Waals surface area contributed by atoms with Gasteiger partial charge in [0, 0.05) is 12.1 Å². The van der Waals surface area contributed by atoms with E-state index in [1.165, 1.54) is 0 Å². The Hall–Kier alpha value is -2.02. The maximum Gasteiger partial charge on any atom is 0.303 e. The smallest absolute Gasteiger partial charge is 0.303 e. The van der Waals surface area contributed by atoms with Crippen LogP contribution in [0.5, 0.6) is 0 Å². The van der Waals surface area contributed by atoms with E-state index in [9.17, 15) is 4.79 Å². The third-order valence-corrected chi connectivity index (χ3v) is 1.88. The van der Waals surface area contributed by atoms with Gasteiger partial charge in [0.25, 0.3) is 0 Å². The Morgan fingerprint density at radius 3 is 2.79 bits per heavy atom. The van der Waals surface area contributed by atoms with Gasteiger partial charge in [-0.1, -0.05) is 6.07 Å². The number of anilines is 1. The minimum Gasteiger partial charge on any atom is -0.481 e. The van der Waals surface area contributed by atoms with Crippen LogP contribution in [-0.2, 0) is 11.2 Å². The predicted octanol–water partition coefficient (Wildman–Crippen LogP) is 1.16.